The molecule has 0 unspecified atom stereocenters. The Morgan fingerprint density at radius 2 is 1.91 bits per heavy atom. The Labute approximate surface area is 135 Å². The first-order valence-electron chi connectivity index (χ1n) is 6.68. The molecule has 4 nitrogen and oxygen atoms in total. The Hall–Kier alpha value is -2.37. The zero-order valence-electron chi connectivity index (χ0n) is 11.4. The van der Waals surface area contributed by atoms with E-state index in [-0.39, 0.29) is 0 Å². The molecule has 0 saturated heterocycles. The molecule has 2 heterocycles. The highest BCUT2D eigenvalue weighted by Crippen LogP contribution is 2.31. The van der Waals surface area contributed by atoms with E-state index in [4.69, 9.17) is 17.3 Å². The number of halogens is 1. The van der Waals surface area contributed by atoms with E-state index in [0.717, 1.165) is 26.5 Å². The number of hydrogen-bond donors (Lipinski definition) is 1. The molecule has 0 spiro atoms. The number of nitrogen functional groups attached to an aromatic ring is 1. The van der Waals surface area contributed by atoms with Crippen molar-refractivity contribution in [2.45, 2.75) is 0 Å². The third-order valence-corrected chi connectivity index (χ3v) is 4.64. The number of thiazole rings is 1. The van der Waals surface area contributed by atoms with Gasteiger partial charge < -0.3 is 5.73 Å². The van der Waals surface area contributed by atoms with E-state index in [0.29, 0.717) is 10.8 Å². The van der Waals surface area contributed by atoms with Crippen LogP contribution in [0.1, 0.15) is 0 Å². The summed E-state index contributed by atoms with van der Waals surface area (Å²) in [5.41, 5.74) is 9.09. The van der Waals surface area contributed by atoms with Crippen molar-refractivity contribution in [2.24, 2.45) is 0 Å². The van der Waals surface area contributed by atoms with Crippen LogP contribution in [0.4, 0.5) is 5.82 Å². The normalized spacial score (nSPS) is 11.1. The average Bonchev–Trinajstić information content (AvgIpc) is 3.10. The van der Waals surface area contributed by atoms with Gasteiger partial charge in [-0.3, -0.25) is 0 Å². The van der Waals surface area contributed by atoms with Crippen molar-refractivity contribution in [3.05, 3.63) is 59.8 Å². The Morgan fingerprint density at radius 3 is 2.73 bits per heavy atom. The number of nitrogens with two attached hydrogens (primary N) is 1. The van der Waals surface area contributed by atoms with Gasteiger partial charge in [-0.2, -0.15) is 9.78 Å². The Bertz CT molecular complexity index is 959. The zero-order valence-corrected chi connectivity index (χ0v) is 13.0. The van der Waals surface area contributed by atoms with Gasteiger partial charge in [-0.05, 0) is 23.8 Å². The second kappa shape index (κ2) is 5.12. The minimum Gasteiger partial charge on any atom is -0.383 e. The van der Waals surface area contributed by atoms with Crippen molar-refractivity contribution in [1.29, 1.82) is 0 Å². The zero-order chi connectivity index (χ0) is 15.1. The highest BCUT2D eigenvalue weighted by atomic mass is 35.5. The maximum atomic E-state index is 6.26. The van der Waals surface area contributed by atoms with Gasteiger partial charge in [-0.15, -0.1) is 0 Å². The third kappa shape index (κ3) is 2.15. The number of fused-ring (bicyclic) bond motifs is 1. The summed E-state index contributed by atoms with van der Waals surface area (Å²) in [7, 11) is 0. The lowest BCUT2D eigenvalue weighted by Gasteiger charge is -2.01. The highest BCUT2D eigenvalue weighted by molar-refractivity contribution is 7.20. The molecule has 2 aromatic carbocycles. The second-order valence-corrected chi connectivity index (χ2v) is 6.28. The molecule has 4 aromatic rings. The predicted molar refractivity (Wildman–Crippen MR) is 91.6 cm³/mol. The van der Waals surface area contributed by atoms with Crippen LogP contribution in [0.5, 0.6) is 0 Å². The summed E-state index contributed by atoms with van der Waals surface area (Å²) in [4.78, 5) is 4.57. The van der Waals surface area contributed by atoms with Gasteiger partial charge in [0.1, 0.15) is 5.82 Å². The summed E-state index contributed by atoms with van der Waals surface area (Å²) < 4.78 is 2.68. The van der Waals surface area contributed by atoms with Crippen molar-refractivity contribution in [1.82, 2.24) is 14.8 Å². The summed E-state index contributed by atoms with van der Waals surface area (Å²) in [6.07, 6.45) is 1.77. The summed E-state index contributed by atoms with van der Waals surface area (Å²) in [5, 5.41) is 5.82. The molecule has 108 valence electrons. The minimum absolute atomic E-state index is 0.580. The maximum Gasteiger partial charge on any atom is 0.213 e. The molecule has 0 amide bonds. The second-order valence-electron chi connectivity index (χ2n) is 4.83. The summed E-state index contributed by atoms with van der Waals surface area (Å²) >= 11 is 7.53. The fourth-order valence-electron chi connectivity index (χ4n) is 2.33. The fraction of sp³-hybridized carbons (Fsp3) is 0. The number of nitrogens with zero attached hydrogens (tertiary/aromatic N) is 3. The molecule has 0 aliphatic heterocycles. The van der Waals surface area contributed by atoms with Gasteiger partial charge in [-0.1, -0.05) is 53.3 Å². The van der Waals surface area contributed by atoms with E-state index in [1.165, 1.54) is 11.3 Å². The fourth-order valence-corrected chi connectivity index (χ4v) is 3.54. The topological polar surface area (TPSA) is 56.7 Å². The first-order valence-corrected chi connectivity index (χ1v) is 7.87. The smallest absolute Gasteiger partial charge is 0.213 e. The van der Waals surface area contributed by atoms with E-state index in [1.807, 2.05) is 48.5 Å². The van der Waals surface area contributed by atoms with Crippen molar-refractivity contribution in [3.63, 3.8) is 0 Å². The van der Waals surface area contributed by atoms with Gasteiger partial charge in [0.15, 0.2) is 0 Å². The van der Waals surface area contributed by atoms with Crippen molar-refractivity contribution < 1.29 is 0 Å². The van der Waals surface area contributed by atoms with Crippen molar-refractivity contribution >= 4 is 39.0 Å². The number of anilines is 1. The van der Waals surface area contributed by atoms with Gasteiger partial charge in [0.25, 0.3) is 0 Å². The Balaban J connectivity index is 1.84. The molecule has 0 atom stereocenters. The van der Waals surface area contributed by atoms with E-state index < -0.39 is 0 Å². The van der Waals surface area contributed by atoms with Crippen molar-refractivity contribution in [2.75, 3.05) is 5.73 Å². The largest absolute Gasteiger partial charge is 0.383 e. The summed E-state index contributed by atoms with van der Waals surface area (Å²) in [5.74, 6) is 0.580. The first-order chi connectivity index (χ1) is 10.7. The molecule has 0 fully saturated rings. The monoisotopic (exact) mass is 326 g/mol. The lowest BCUT2D eigenvalue weighted by Crippen LogP contribution is -2.01. The Morgan fingerprint density at radius 1 is 1.09 bits per heavy atom. The number of benzene rings is 2. The van der Waals surface area contributed by atoms with Gasteiger partial charge in [0.2, 0.25) is 5.13 Å². The predicted octanol–water partition coefficient (Wildman–Crippen LogP) is 4.38. The van der Waals surface area contributed by atoms with Crippen LogP contribution >= 0.6 is 22.9 Å². The van der Waals surface area contributed by atoms with Crippen LogP contribution < -0.4 is 5.73 Å². The number of rotatable bonds is 2. The molecule has 2 aromatic heterocycles. The molecule has 0 saturated carbocycles. The van der Waals surface area contributed by atoms with Crippen LogP contribution in [0, 0.1) is 0 Å². The molecule has 0 radical (unpaired) electrons. The van der Waals surface area contributed by atoms with Crippen LogP contribution in [0.15, 0.2) is 54.7 Å². The van der Waals surface area contributed by atoms with Crippen LogP contribution in [-0.2, 0) is 0 Å². The van der Waals surface area contributed by atoms with E-state index in [9.17, 15) is 0 Å². The molecule has 22 heavy (non-hydrogen) atoms. The van der Waals surface area contributed by atoms with Crippen LogP contribution in [0.2, 0.25) is 5.02 Å². The molecule has 0 aliphatic rings. The van der Waals surface area contributed by atoms with Gasteiger partial charge in [-0.25, -0.2) is 4.98 Å². The molecule has 6 heteroatoms. The van der Waals surface area contributed by atoms with Gasteiger partial charge in [0.05, 0.1) is 16.4 Å². The molecule has 0 bridgehead atoms. The molecule has 0 aliphatic carbocycles. The van der Waals surface area contributed by atoms with Crippen LogP contribution in [0.25, 0.3) is 26.5 Å². The average molecular weight is 327 g/mol. The standard InChI is InChI=1S/C16H11ClN4S/c17-11-6-7-13-14(8-11)22-16(20-13)21-15(18)12(9-19-21)10-4-2-1-3-5-10/h1-9H,18H2. The lowest BCUT2D eigenvalue weighted by atomic mass is 10.1. The van der Waals surface area contributed by atoms with E-state index >= 15 is 0 Å². The van der Waals surface area contributed by atoms with Gasteiger partial charge >= 0.3 is 0 Å². The van der Waals surface area contributed by atoms with E-state index in [2.05, 4.69) is 10.1 Å². The maximum absolute atomic E-state index is 6.26. The number of aromatic nitrogens is 3. The molecule has 2 N–H and O–H groups in total. The van der Waals surface area contributed by atoms with Crippen molar-refractivity contribution in [3.8, 4) is 16.3 Å². The summed E-state index contributed by atoms with van der Waals surface area (Å²) in [6.45, 7) is 0. The lowest BCUT2D eigenvalue weighted by molar-refractivity contribution is 0.883. The SMILES string of the molecule is Nc1c(-c2ccccc2)cnn1-c1nc2ccc(Cl)cc2s1. The van der Waals surface area contributed by atoms with E-state index in [1.54, 1.807) is 10.9 Å². The number of hydrogen-bond acceptors (Lipinski definition) is 4. The third-order valence-electron chi connectivity index (χ3n) is 3.41. The molecular formula is C16H11ClN4S. The first kappa shape index (κ1) is 13.3. The van der Waals surface area contributed by atoms with Crippen LogP contribution in [0.3, 0.4) is 0 Å². The molecular weight excluding hydrogens is 316 g/mol. The quantitative estimate of drug-likeness (QED) is 0.594. The minimum atomic E-state index is 0.580. The van der Waals surface area contributed by atoms with Crippen LogP contribution in [-0.4, -0.2) is 14.8 Å². The molecule has 4 rings (SSSR count). The van der Waals surface area contributed by atoms with Gasteiger partial charge in [0, 0.05) is 10.6 Å². The Kier molecular flexibility index (Phi) is 3.10. The highest BCUT2D eigenvalue weighted by Gasteiger charge is 2.14. The summed E-state index contributed by atoms with van der Waals surface area (Å²) in [6, 6.07) is 15.6.